The lowest BCUT2D eigenvalue weighted by Crippen LogP contribution is -2.32. The Kier molecular flexibility index (Phi) is 5.64. The lowest BCUT2D eigenvalue weighted by atomic mass is 10.0. The number of aromatic nitrogens is 3. The summed E-state index contributed by atoms with van der Waals surface area (Å²) in [5, 5.41) is 13.5. The van der Waals surface area contributed by atoms with Crippen molar-refractivity contribution in [1.29, 1.82) is 0 Å². The van der Waals surface area contributed by atoms with E-state index in [1.807, 2.05) is 36.7 Å². The van der Waals surface area contributed by atoms with E-state index >= 15 is 0 Å². The van der Waals surface area contributed by atoms with E-state index in [0.29, 0.717) is 18.1 Å². The third kappa shape index (κ3) is 3.76. The quantitative estimate of drug-likeness (QED) is 0.602. The Morgan fingerprint density at radius 3 is 2.79 bits per heavy atom. The summed E-state index contributed by atoms with van der Waals surface area (Å²) in [6.07, 6.45) is 8.23. The molecule has 6 nitrogen and oxygen atoms in total. The molecule has 1 saturated heterocycles. The van der Waals surface area contributed by atoms with Crippen LogP contribution in [0.5, 0.6) is 0 Å². The molecule has 3 aromatic rings. The predicted molar refractivity (Wildman–Crippen MR) is 112 cm³/mol. The van der Waals surface area contributed by atoms with Gasteiger partial charge in [-0.05, 0) is 54.5 Å². The Hall–Kier alpha value is -2.77. The second kappa shape index (κ2) is 8.50. The first-order chi connectivity index (χ1) is 13.8. The molecule has 0 amide bonds. The Labute approximate surface area is 169 Å². The minimum atomic E-state index is -0.0464. The van der Waals surface area contributed by atoms with Gasteiger partial charge in [0.05, 0.1) is 17.8 Å². The molecule has 0 saturated carbocycles. The van der Waals surface area contributed by atoms with Crippen LogP contribution < -0.4 is 5.32 Å². The van der Waals surface area contributed by atoms with Gasteiger partial charge in [0.15, 0.2) is 5.11 Å². The van der Waals surface area contributed by atoms with Crippen molar-refractivity contribution in [3.05, 3.63) is 84.2 Å². The summed E-state index contributed by atoms with van der Waals surface area (Å²) in [5.41, 5.74) is 3.25. The second-order valence-electron chi connectivity index (χ2n) is 6.82. The van der Waals surface area contributed by atoms with E-state index < -0.39 is 0 Å². The maximum absolute atomic E-state index is 9.35. The van der Waals surface area contributed by atoms with E-state index in [4.69, 9.17) is 12.2 Å². The molecule has 2 N–H and O–H groups in total. The molecule has 2 atom stereocenters. The lowest BCUT2D eigenvalue weighted by molar-refractivity contribution is 0.243. The van der Waals surface area contributed by atoms with Crippen LogP contribution in [-0.2, 0) is 6.54 Å². The van der Waals surface area contributed by atoms with Crippen LogP contribution in [-0.4, -0.2) is 42.8 Å². The van der Waals surface area contributed by atoms with E-state index in [1.165, 1.54) is 0 Å². The molecule has 1 fully saturated rings. The van der Waals surface area contributed by atoms with Crippen molar-refractivity contribution >= 4 is 17.3 Å². The van der Waals surface area contributed by atoms with Crippen LogP contribution in [0.4, 0.5) is 0 Å². The number of pyridine rings is 2. The minimum Gasteiger partial charge on any atom is -0.396 e. The maximum Gasteiger partial charge on any atom is 0.170 e. The zero-order valence-electron chi connectivity index (χ0n) is 15.5. The number of hydrogen-bond acceptors (Lipinski definition) is 4. The molecular formula is C21H23N5OS. The average Bonchev–Trinajstić information content (AvgIpc) is 3.31. The molecule has 0 spiro atoms. The number of rotatable bonds is 7. The van der Waals surface area contributed by atoms with Crippen molar-refractivity contribution in [3.8, 4) is 0 Å². The third-order valence-electron chi connectivity index (χ3n) is 5.00. The highest BCUT2D eigenvalue weighted by atomic mass is 32.1. The molecule has 0 radical (unpaired) electrons. The van der Waals surface area contributed by atoms with Crippen molar-refractivity contribution in [3.63, 3.8) is 0 Å². The molecule has 1 aliphatic heterocycles. The predicted octanol–water partition coefficient (Wildman–Crippen LogP) is 2.68. The number of aliphatic hydroxyl groups is 1. The summed E-state index contributed by atoms with van der Waals surface area (Å²) < 4.78 is 2.24. The van der Waals surface area contributed by atoms with Crippen LogP contribution in [0.1, 0.15) is 35.5 Å². The number of aliphatic hydroxyl groups excluding tert-OH is 1. The van der Waals surface area contributed by atoms with Gasteiger partial charge in [-0.2, -0.15) is 0 Å². The summed E-state index contributed by atoms with van der Waals surface area (Å²) in [4.78, 5) is 11.0. The van der Waals surface area contributed by atoms with Gasteiger partial charge in [0, 0.05) is 50.2 Å². The van der Waals surface area contributed by atoms with Crippen molar-refractivity contribution < 1.29 is 5.11 Å². The van der Waals surface area contributed by atoms with Gasteiger partial charge in [0.2, 0.25) is 0 Å². The largest absolute Gasteiger partial charge is 0.396 e. The topological polar surface area (TPSA) is 66.2 Å². The zero-order valence-corrected chi connectivity index (χ0v) is 16.3. The molecular weight excluding hydrogens is 370 g/mol. The van der Waals surface area contributed by atoms with Gasteiger partial charge in [-0.1, -0.05) is 12.1 Å². The number of nitrogens with zero attached hydrogens (tertiary/aromatic N) is 4. The molecule has 4 heterocycles. The van der Waals surface area contributed by atoms with Gasteiger partial charge in [-0.15, -0.1) is 0 Å². The fourth-order valence-electron chi connectivity index (χ4n) is 3.74. The molecule has 7 heteroatoms. The molecule has 0 bridgehead atoms. The highest BCUT2D eigenvalue weighted by Gasteiger charge is 2.40. The van der Waals surface area contributed by atoms with Crippen molar-refractivity contribution in [2.45, 2.75) is 25.0 Å². The zero-order chi connectivity index (χ0) is 19.3. The highest BCUT2D eigenvalue weighted by molar-refractivity contribution is 7.80. The van der Waals surface area contributed by atoms with Crippen molar-refractivity contribution in [2.24, 2.45) is 0 Å². The normalized spacial score (nSPS) is 19.0. The smallest absolute Gasteiger partial charge is 0.170 e. The first kappa shape index (κ1) is 18.6. The van der Waals surface area contributed by atoms with Crippen molar-refractivity contribution in [2.75, 3.05) is 13.2 Å². The minimum absolute atomic E-state index is 0.000575. The first-order valence-electron chi connectivity index (χ1n) is 9.41. The van der Waals surface area contributed by atoms with Crippen LogP contribution in [0.15, 0.2) is 67.3 Å². The Balaban J connectivity index is 1.70. The highest BCUT2D eigenvalue weighted by Crippen LogP contribution is 2.38. The van der Waals surface area contributed by atoms with Crippen LogP contribution in [0.3, 0.4) is 0 Å². The monoisotopic (exact) mass is 393 g/mol. The van der Waals surface area contributed by atoms with Crippen LogP contribution in [0, 0.1) is 0 Å². The van der Waals surface area contributed by atoms with Gasteiger partial charge < -0.3 is 19.9 Å². The lowest BCUT2D eigenvalue weighted by Gasteiger charge is -2.28. The van der Waals surface area contributed by atoms with Crippen LogP contribution in [0.2, 0.25) is 0 Å². The summed E-state index contributed by atoms with van der Waals surface area (Å²) in [6.45, 7) is 1.56. The second-order valence-corrected chi connectivity index (χ2v) is 7.21. The molecule has 1 aliphatic rings. The first-order valence-corrected chi connectivity index (χ1v) is 9.81. The maximum atomic E-state index is 9.35. The number of hydrogen-bond donors (Lipinski definition) is 2. The standard InChI is InChI=1S/C21H23N5OS/c27-13-5-12-26-20(19(24-21(26)28)17-7-1-2-10-23-17)18-8-4-11-25(18)15-16-6-3-9-22-14-16/h1-4,6-11,14,19-20,27H,5,12-13,15H2,(H,24,28)/t19-,20-/m1/s1. The Morgan fingerprint density at radius 1 is 1.11 bits per heavy atom. The summed E-state index contributed by atoms with van der Waals surface area (Å²) in [5.74, 6) is 0. The number of thiocarbonyl (C=S) groups is 1. The summed E-state index contributed by atoms with van der Waals surface area (Å²) in [7, 11) is 0. The van der Waals surface area contributed by atoms with Crippen LogP contribution >= 0.6 is 12.2 Å². The fraction of sp³-hybridized carbons (Fsp3) is 0.286. The van der Waals surface area contributed by atoms with Gasteiger partial charge in [-0.25, -0.2) is 0 Å². The van der Waals surface area contributed by atoms with Gasteiger partial charge >= 0.3 is 0 Å². The van der Waals surface area contributed by atoms with Gasteiger partial charge in [-0.3, -0.25) is 9.97 Å². The summed E-state index contributed by atoms with van der Waals surface area (Å²) in [6, 6.07) is 14.1. The van der Waals surface area contributed by atoms with E-state index in [2.05, 4.69) is 49.1 Å². The van der Waals surface area contributed by atoms with Gasteiger partial charge in [0.1, 0.15) is 0 Å². The molecule has 3 aromatic heterocycles. The van der Waals surface area contributed by atoms with Crippen LogP contribution in [0.25, 0.3) is 0 Å². The SMILES string of the molecule is OCCCN1C(=S)N[C@H](c2ccccn2)[C@H]1c1cccn1Cc1cccnc1. The van der Waals surface area contributed by atoms with E-state index in [9.17, 15) is 5.11 Å². The summed E-state index contributed by atoms with van der Waals surface area (Å²) >= 11 is 5.64. The molecule has 0 aromatic carbocycles. The van der Waals surface area contributed by atoms with Gasteiger partial charge in [0.25, 0.3) is 0 Å². The molecule has 0 unspecified atom stereocenters. The van der Waals surface area contributed by atoms with Crippen molar-refractivity contribution in [1.82, 2.24) is 24.8 Å². The van der Waals surface area contributed by atoms with E-state index in [1.54, 1.807) is 6.20 Å². The third-order valence-corrected chi connectivity index (χ3v) is 5.35. The molecule has 4 rings (SSSR count). The van der Waals surface area contributed by atoms with E-state index in [0.717, 1.165) is 23.5 Å². The fourth-order valence-corrected chi connectivity index (χ4v) is 4.07. The molecule has 144 valence electrons. The molecule has 0 aliphatic carbocycles. The molecule has 28 heavy (non-hydrogen) atoms. The number of nitrogens with one attached hydrogen (secondary N) is 1. The van der Waals surface area contributed by atoms with E-state index in [-0.39, 0.29) is 18.7 Å². The Morgan fingerprint density at radius 2 is 2.04 bits per heavy atom. The average molecular weight is 394 g/mol. The Bertz CT molecular complexity index is 915.